The monoisotopic (exact) mass is 982 g/mol. The van der Waals surface area contributed by atoms with Crippen LogP contribution in [0.5, 0.6) is 0 Å². The van der Waals surface area contributed by atoms with Crippen molar-refractivity contribution in [2.75, 3.05) is 33.0 Å². The Balaban J connectivity index is 1.25. The maximum absolute atomic E-state index is 13.3. The van der Waals surface area contributed by atoms with Gasteiger partial charge in [0, 0.05) is 34.3 Å². The van der Waals surface area contributed by atoms with Crippen molar-refractivity contribution >= 4 is 139 Å². The van der Waals surface area contributed by atoms with Crippen LogP contribution in [0.2, 0.25) is 20.1 Å². The van der Waals surface area contributed by atoms with Gasteiger partial charge in [0.25, 0.3) is 23.6 Å². The zero-order valence-electron chi connectivity index (χ0n) is 33.7. The second-order valence-corrected chi connectivity index (χ2v) is 16.1. The number of benzene rings is 5. The lowest BCUT2D eigenvalue weighted by atomic mass is 10.1. The largest absolute Gasteiger partial charge is 0.322 e. The van der Waals surface area contributed by atoms with Gasteiger partial charge in [-0.15, -0.1) is 23.2 Å². The van der Waals surface area contributed by atoms with Crippen molar-refractivity contribution in [3.63, 3.8) is 0 Å². The molecule has 0 aliphatic rings. The number of hydrogen-bond acceptors (Lipinski definition) is 10. The number of aryl methyl sites for hydroxylation is 2. The topological polar surface area (TPSA) is 200 Å². The first-order valence-corrected chi connectivity index (χ1v) is 21.6. The molecule has 0 aliphatic carbocycles. The predicted octanol–water partition coefficient (Wildman–Crippen LogP) is 11.7. The van der Waals surface area contributed by atoms with E-state index in [1.165, 1.54) is 48.5 Å². The van der Waals surface area contributed by atoms with E-state index in [2.05, 4.69) is 41.7 Å². The van der Waals surface area contributed by atoms with Crippen molar-refractivity contribution in [3.05, 3.63) is 139 Å². The summed E-state index contributed by atoms with van der Waals surface area (Å²) in [6, 6.07) is 22.1. The molecule has 14 nitrogen and oxygen atoms in total. The summed E-state index contributed by atoms with van der Waals surface area (Å²) in [6.07, 6.45) is 1.24. The predicted molar refractivity (Wildman–Crippen MR) is 252 cm³/mol. The van der Waals surface area contributed by atoms with Gasteiger partial charge in [0.1, 0.15) is 11.4 Å². The third-order valence-corrected chi connectivity index (χ3v) is 10.9. The molecular weight excluding hydrogens is 949 g/mol. The maximum atomic E-state index is 13.3. The first kappa shape index (κ1) is 49.3. The van der Waals surface area contributed by atoms with Crippen molar-refractivity contribution in [2.45, 2.75) is 38.8 Å². The Labute approximate surface area is 397 Å². The highest BCUT2D eigenvalue weighted by atomic mass is 35.5. The number of carbonyl (C=O) groups is 6. The number of amides is 4. The van der Waals surface area contributed by atoms with E-state index in [4.69, 9.17) is 69.6 Å². The molecule has 0 saturated heterocycles. The summed E-state index contributed by atoms with van der Waals surface area (Å²) in [6.45, 7) is 2.24. The fourth-order valence-corrected chi connectivity index (χ4v) is 6.89. The van der Waals surface area contributed by atoms with E-state index < -0.39 is 47.3 Å². The number of anilines is 4. The molecule has 0 fully saturated rings. The van der Waals surface area contributed by atoms with E-state index in [0.29, 0.717) is 36.0 Å². The van der Waals surface area contributed by atoms with Gasteiger partial charge in [-0.05, 0) is 111 Å². The van der Waals surface area contributed by atoms with Crippen molar-refractivity contribution in [1.82, 2.24) is 0 Å². The number of carbonyl (C=O) groups excluding carboxylic acids is 6. The Bertz CT molecular complexity index is 2500. The smallest absolute Gasteiger partial charge is 0.258 e. The molecule has 0 heterocycles. The van der Waals surface area contributed by atoms with Gasteiger partial charge in [0.15, 0.2) is 11.6 Å². The Morgan fingerprint density at radius 2 is 0.906 bits per heavy atom. The van der Waals surface area contributed by atoms with E-state index in [1.807, 2.05) is 12.1 Å². The number of rotatable bonds is 18. The zero-order valence-corrected chi connectivity index (χ0v) is 38.3. The summed E-state index contributed by atoms with van der Waals surface area (Å²) < 4.78 is 0. The van der Waals surface area contributed by atoms with Gasteiger partial charge in [0.05, 0.1) is 31.5 Å². The Morgan fingerprint density at radius 1 is 0.516 bits per heavy atom. The standard InChI is InChI=1S/C44H36Cl6N8O6/c1-23(59)39(57-55-35-21-27(9-11-31(35)47)41(61)51-29-7-3-5-25(19-29)15-17-45)43(63)53-33-13-14-34(38(50)37(33)49)54-44(64)40(24(2)60)58-56-36-22-28(10-12-32(36)48)42(62)52-30-8-4-6-26(20-30)16-18-46/h3-14,19-22,39-40H,15-18H2,1-2H3,(H,51,61)(H,52,62)(H,53,63)(H,54,64). The molecule has 0 aliphatic heterocycles. The number of Topliss-reactive ketones (excluding diaryl/α,β-unsaturated/α-hetero) is 2. The van der Waals surface area contributed by atoms with Crippen LogP contribution in [-0.4, -0.2) is 59.0 Å². The van der Waals surface area contributed by atoms with E-state index in [9.17, 15) is 28.8 Å². The van der Waals surface area contributed by atoms with Gasteiger partial charge < -0.3 is 21.3 Å². The number of hydrogen-bond donors (Lipinski definition) is 4. The molecule has 0 spiro atoms. The summed E-state index contributed by atoms with van der Waals surface area (Å²) in [7, 11) is 0. The molecule has 5 rings (SSSR count). The molecule has 2 atom stereocenters. The van der Waals surface area contributed by atoms with Gasteiger partial charge in [-0.2, -0.15) is 20.5 Å². The van der Waals surface area contributed by atoms with Gasteiger partial charge in [0.2, 0.25) is 12.1 Å². The highest BCUT2D eigenvalue weighted by Gasteiger charge is 2.27. The van der Waals surface area contributed by atoms with Crippen molar-refractivity contribution in [1.29, 1.82) is 0 Å². The Hall–Kier alpha value is -5.74. The molecule has 5 aromatic carbocycles. The zero-order chi connectivity index (χ0) is 46.5. The molecule has 4 amide bonds. The number of halogens is 6. The highest BCUT2D eigenvalue weighted by molar-refractivity contribution is 6.46. The third-order valence-electron chi connectivity index (χ3n) is 8.98. The lowest BCUT2D eigenvalue weighted by Gasteiger charge is -2.15. The van der Waals surface area contributed by atoms with E-state index in [0.717, 1.165) is 25.0 Å². The highest BCUT2D eigenvalue weighted by Crippen LogP contribution is 2.37. The van der Waals surface area contributed by atoms with Crippen LogP contribution >= 0.6 is 69.6 Å². The lowest BCUT2D eigenvalue weighted by Crippen LogP contribution is -2.32. The molecule has 0 bridgehead atoms. The molecule has 2 unspecified atom stereocenters. The first-order chi connectivity index (χ1) is 30.6. The summed E-state index contributed by atoms with van der Waals surface area (Å²) in [5, 5.41) is 26.1. The van der Waals surface area contributed by atoms with Crippen LogP contribution in [-0.2, 0) is 32.0 Å². The summed E-state index contributed by atoms with van der Waals surface area (Å²) in [4.78, 5) is 77.9. The molecular formula is C44H36Cl6N8O6. The molecule has 0 saturated carbocycles. The number of ketones is 2. The van der Waals surface area contributed by atoms with Crippen LogP contribution < -0.4 is 21.3 Å². The SMILES string of the molecule is CC(=O)C(N=Nc1cc(C(=O)Nc2cccc(CCCl)c2)ccc1Cl)C(=O)Nc1ccc(NC(=O)C(N=Nc2cc(C(=O)Nc3cccc(CCCl)c3)ccc2Cl)C(C)=O)c(Cl)c1Cl. The van der Waals surface area contributed by atoms with Crippen LogP contribution in [0.15, 0.2) is 118 Å². The van der Waals surface area contributed by atoms with Crippen molar-refractivity contribution < 1.29 is 28.8 Å². The summed E-state index contributed by atoms with van der Waals surface area (Å²) in [5.41, 5.74) is 3.21. The van der Waals surface area contributed by atoms with Crippen LogP contribution in [0.3, 0.4) is 0 Å². The van der Waals surface area contributed by atoms with Crippen molar-refractivity contribution in [2.24, 2.45) is 20.5 Å². The average Bonchev–Trinajstić information content (AvgIpc) is 3.25. The fraction of sp³-hybridized carbons (Fsp3) is 0.182. The Morgan fingerprint density at radius 3 is 1.27 bits per heavy atom. The van der Waals surface area contributed by atoms with Crippen LogP contribution in [0.25, 0.3) is 0 Å². The molecule has 4 N–H and O–H groups in total. The molecule has 330 valence electrons. The first-order valence-electron chi connectivity index (χ1n) is 19.0. The third kappa shape index (κ3) is 13.4. The summed E-state index contributed by atoms with van der Waals surface area (Å²) >= 11 is 37.3. The molecule has 64 heavy (non-hydrogen) atoms. The van der Waals surface area contributed by atoms with E-state index >= 15 is 0 Å². The number of nitrogens with one attached hydrogen (secondary N) is 4. The molecule has 20 heteroatoms. The number of azo groups is 2. The van der Waals surface area contributed by atoms with E-state index in [-0.39, 0.29) is 54.0 Å². The average molecular weight is 986 g/mol. The van der Waals surface area contributed by atoms with E-state index in [1.54, 1.807) is 36.4 Å². The normalized spacial score (nSPS) is 12.1. The maximum Gasteiger partial charge on any atom is 0.258 e. The van der Waals surface area contributed by atoms with Crippen LogP contribution in [0.4, 0.5) is 34.1 Å². The minimum atomic E-state index is -1.68. The number of alkyl halides is 2. The minimum Gasteiger partial charge on any atom is -0.322 e. The van der Waals surface area contributed by atoms with Crippen molar-refractivity contribution in [3.8, 4) is 0 Å². The lowest BCUT2D eigenvalue weighted by molar-refractivity contribution is -0.127. The molecule has 5 aromatic rings. The van der Waals surface area contributed by atoms with Gasteiger partial charge in [-0.1, -0.05) is 70.7 Å². The molecule has 0 radical (unpaired) electrons. The van der Waals surface area contributed by atoms with Crippen LogP contribution in [0, 0.1) is 0 Å². The number of nitrogens with zero attached hydrogens (tertiary/aromatic N) is 4. The quantitative estimate of drug-likeness (QED) is 0.0382. The second kappa shape index (κ2) is 23.3. The van der Waals surface area contributed by atoms with Gasteiger partial charge in [-0.25, -0.2) is 0 Å². The second-order valence-electron chi connectivity index (χ2n) is 13.7. The minimum absolute atomic E-state index is 0.00839. The fourth-order valence-electron chi connectivity index (χ4n) is 5.72. The van der Waals surface area contributed by atoms with Gasteiger partial charge >= 0.3 is 0 Å². The summed E-state index contributed by atoms with van der Waals surface area (Å²) in [5.74, 6) is -3.38. The van der Waals surface area contributed by atoms with Gasteiger partial charge in [-0.3, -0.25) is 28.8 Å². The Kier molecular flexibility index (Phi) is 17.9. The molecule has 0 aromatic heterocycles. The van der Waals surface area contributed by atoms with Crippen LogP contribution in [0.1, 0.15) is 45.7 Å².